The zero-order valence-corrected chi connectivity index (χ0v) is 26.2. The number of nitrogens with zero attached hydrogens (tertiary/aromatic N) is 1. The molecule has 0 amide bonds. The highest BCUT2D eigenvalue weighted by atomic mass is 32.1. The molecule has 2 nitrogen and oxygen atoms in total. The van der Waals surface area contributed by atoms with Gasteiger partial charge in [-0.3, -0.25) is 0 Å². The van der Waals surface area contributed by atoms with Crippen LogP contribution in [0, 0.1) is 0 Å². The van der Waals surface area contributed by atoms with Gasteiger partial charge in [0, 0.05) is 42.3 Å². The molecular formula is C44H27NOS. The fourth-order valence-corrected chi connectivity index (χ4v) is 8.51. The van der Waals surface area contributed by atoms with Crippen LogP contribution >= 0.6 is 11.3 Å². The maximum absolute atomic E-state index is 6.59. The largest absolute Gasteiger partial charge is 0.454 e. The van der Waals surface area contributed by atoms with Crippen LogP contribution in [0.5, 0.6) is 0 Å². The maximum Gasteiger partial charge on any atom is 0.159 e. The summed E-state index contributed by atoms with van der Waals surface area (Å²) in [4.78, 5) is 2.35. The SMILES string of the molecule is c1ccc2c(-c3ccc(N(c4ccc5c(c4)sc4c6ccccc6ccc54)c4cccc5c4oc4ccccc45)cc3)cccc2c1. The lowest BCUT2D eigenvalue weighted by atomic mass is 9.98. The first-order chi connectivity index (χ1) is 23.3. The van der Waals surface area contributed by atoms with E-state index in [-0.39, 0.29) is 0 Å². The van der Waals surface area contributed by atoms with Gasteiger partial charge >= 0.3 is 0 Å². The fraction of sp³-hybridized carbons (Fsp3) is 0. The molecule has 0 fully saturated rings. The number of rotatable bonds is 4. The summed E-state index contributed by atoms with van der Waals surface area (Å²) in [5.41, 5.74) is 7.40. The minimum atomic E-state index is 0.884. The van der Waals surface area contributed by atoms with Gasteiger partial charge in [-0.05, 0) is 69.1 Å². The van der Waals surface area contributed by atoms with E-state index < -0.39 is 0 Å². The molecule has 2 heterocycles. The Hall–Kier alpha value is -5.90. The summed E-state index contributed by atoms with van der Waals surface area (Å²) in [5.74, 6) is 0. The molecule has 0 spiro atoms. The summed E-state index contributed by atoms with van der Waals surface area (Å²) in [6.07, 6.45) is 0. The van der Waals surface area contributed by atoms with Gasteiger partial charge in [0.25, 0.3) is 0 Å². The van der Waals surface area contributed by atoms with Crippen molar-refractivity contribution >= 4 is 92.1 Å². The monoisotopic (exact) mass is 617 g/mol. The molecule has 0 aliphatic heterocycles. The predicted molar refractivity (Wildman–Crippen MR) is 202 cm³/mol. The number of furan rings is 1. The third-order valence-electron chi connectivity index (χ3n) is 9.46. The third kappa shape index (κ3) is 4.10. The molecule has 8 aromatic carbocycles. The molecule has 10 rings (SSSR count). The Morgan fingerprint density at radius 2 is 1.11 bits per heavy atom. The van der Waals surface area contributed by atoms with Crippen molar-refractivity contribution in [3.8, 4) is 11.1 Å². The van der Waals surface area contributed by atoms with Crippen molar-refractivity contribution in [1.82, 2.24) is 0 Å². The van der Waals surface area contributed by atoms with Crippen LogP contribution in [0.2, 0.25) is 0 Å². The van der Waals surface area contributed by atoms with Gasteiger partial charge in [0.1, 0.15) is 5.58 Å². The normalized spacial score (nSPS) is 11.8. The second-order valence-electron chi connectivity index (χ2n) is 12.1. The molecule has 0 bridgehead atoms. The highest BCUT2D eigenvalue weighted by Gasteiger charge is 2.20. The fourth-order valence-electron chi connectivity index (χ4n) is 7.23. The van der Waals surface area contributed by atoms with Gasteiger partial charge in [0.2, 0.25) is 0 Å². The Kier molecular flexibility index (Phi) is 5.78. The van der Waals surface area contributed by atoms with Gasteiger partial charge in [0.15, 0.2) is 5.58 Å². The standard InChI is InChI=1S/C44H27NOS/c1-3-12-33-28(9-1)11-7-15-34(33)30-19-22-31(23-20-30)45(40-17-8-16-38-36-14-5-6-18-41(36)46-43(38)40)32-24-26-37-39-25-21-29-10-2-4-13-35(29)44(39)47-42(37)27-32/h1-27H. The van der Waals surface area contributed by atoms with Crippen molar-refractivity contribution in [3.05, 3.63) is 164 Å². The molecule has 0 unspecified atom stereocenters. The molecule has 0 aliphatic carbocycles. The number of fused-ring (bicyclic) bond motifs is 9. The molecule has 2 aromatic heterocycles. The minimum Gasteiger partial charge on any atom is -0.454 e. The summed E-state index contributed by atoms with van der Waals surface area (Å²) >= 11 is 1.87. The van der Waals surface area contributed by atoms with E-state index in [0.29, 0.717) is 0 Å². The van der Waals surface area contributed by atoms with Gasteiger partial charge < -0.3 is 9.32 Å². The molecule has 0 radical (unpaired) electrons. The van der Waals surface area contributed by atoms with Crippen molar-refractivity contribution < 1.29 is 4.42 Å². The van der Waals surface area contributed by atoms with Crippen LogP contribution < -0.4 is 4.90 Å². The van der Waals surface area contributed by atoms with Crippen molar-refractivity contribution in [2.75, 3.05) is 4.90 Å². The highest BCUT2D eigenvalue weighted by Crippen LogP contribution is 2.45. The lowest BCUT2D eigenvalue weighted by Gasteiger charge is -2.26. The Bertz CT molecular complexity index is 2800. The second-order valence-corrected chi connectivity index (χ2v) is 13.2. The Balaban J connectivity index is 1.19. The molecular weight excluding hydrogens is 591 g/mol. The number of hydrogen-bond acceptors (Lipinski definition) is 3. The zero-order chi connectivity index (χ0) is 30.9. The van der Waals surface area contributed by atoms with Gasteiger partial charge in [0.05, 0.1) is 5.69 Å². The van der Waals surface area contributed by atoms with Gasteiger partial charge in [-0.25, -0.2) is 0 Å². The predicted octanol–water partition coefficient (Wildman–Crippen LogP) is 13.4. The number of para-hydroxylation sites is 2. The lowest BCUT2D eigenvalue weighted by molar-refractivity contribution is 0.669. The van der Waals surface area contributed by atoms with Crippen LogP contribution in [0.1, 0.15) is 0 Å². The van der Waals surface area contributed by atoms with E-state index in [1.165, 1.54) is 52.8 Å². The van der Waals surface area contributed by atoms with Gasteiger partial charge in [-0.1, -0.05) is 127 Å². The number of benzene rings is 8. The quantitative estimate of drug-likeness (QED) is 0.195. The first-order valence-electron chi connectivity index (χ1n) is 15.9. The topological polar surface area (TPSA) is 16.4 Å². The smallest absolute Gasteiger partial charge is 0.159 e. The van der Waals surface area contributed by atoms with Crippen molar-refractivity contribution in [1.29, 1.82) is 0 Å². The Labute approximate surface area is 275 Å². The van der Waals surface area contributed by atoms with Gasteiger partial charge in [-0.2, -0.15) is 0 Å². The second kappa shape index (κ2) is 10.3. The van der Waals surface area contributed by atoms with Crippen LogP contribution in [0.4, 0.5) is 17.1 Å². The molecule has 0 N–H and O–H groups in total. The number of thiophene rings is 1. The van der Waals surface area contributed by atoms with Crippen LogP contribution in [0.3, 0.4) is 0 Å². The highest BCUT2D eigenvalue weighted by molar-refractivity contribution is 7.26. The molecule has 0 aliphatic rings. The summed E-state index contributed by atoms with van der Waals surface area (Å²) in [6.45, 7) is 0. The minimum absolute atomic E-state index is 0.884. The van der Waals surface area contributed by atoms with Crippen LogP contribution in [-0.2, 0) is 0 Å². The first-order valence-corrected chi connectivity index (χ1v) is 16.7. The van der Waals surface area contributed by atoms with E-state index in [0.717, 1.165) is 39.0 Å². The third-order valence-corrected chi connectivity index (χ3v) is 10.7. The molecule has 47 heavy (non-hydrogen) atoms. The molecule has 10 aromatic rings. The number of hydrogen-bond donors (Lipinski definition) is 0. The molecule has 0 atom stereocenters. The van der Waals surface area contributed by atoms with Crippen molar-refractivity contribution in [2.24, 2.45) is 0 Å². The van der Waals surface area contributed by atoms with Crippen LogP contribution in [0.15, 0.2) is 168 Å². The zero-order valence-electron chi connectivity index (χ0n) is 25.4. The summed E-state index contributed by atoms with van der Waals surface area (Å²) in [7, 11) is 0. The van der Waals surface area contributed by atoms with Crippen LogP contribution in [-0.4, -0.2) is 0 Å². The van der Waals surface area contributed by atoms with E-state index in [1.54, 1.807) is 0 Å². The molecule has 0 saturated heterocycles. The number of anilines is 3. The van der Waals surface area contributed by atoms with E-state index in [9.17, 15) is 0 Å². The van der Waals surface area contributed by atoms with Crippen molar-refractivity contribution in [3.63, 3.8) is 0 Å². The first kappa shape index (κ1) is 26.3. The van der Waals surface area contributed by atoms with E-state index in [2.05, 4.69) is 163 Å². The molecule has 220 valence electrons. The van der Waals surface area contributed by atoms with Crippen LogP contribution in [0.25, 0.3) is 74.8 Å². The summed E-state index contributed by atoms with van der Waals surface area (Å²) < 4.78 is 9.19. The van der Waals surface area contributed by atoms with Gasteiger partial charge in [-0.15, -0.1) is 11.3 Å². The summed E-state index contributed by atoms with van der Waals surface area (Å²) in [5, 5.41) is 9.92. The molecule has 0 saturated carbocycles. The Morgan fingerprint density at radius 3 is 1.98 bits per heavy atom. The average Bonchev–Trinajstić information content (AvgIpc) is 3.71. The summed E-state index contributed by atoms with van der Waals surface area (Å²) in [6, 6.07) is 58.9. The average molecular weight is 618 g/mol. The van der Waals surface area contributed by atoms with E-state index in [1.807, 2.05) is 17.4 Å². The van der Waals surface area contributed by atoms with E-state index >= 15 is 0 Å². The van der Waals surface area contributed by atoms with E-state index in [4.69, 9.17) is 4.42 Å². The van der Waals surface area contributed by atoms with Crippen molar-refractivity contribution in [2.45, 2.75) is 0 Å². The lowest BCUT2D eigenvalue weighted by Crippen LogP contribution is -2.10. The maximum atomic E-state index is 6.59. The molecule has 3 heteroatoms. The Morgan fingerprint density at radius 1 is 0.447 bits per heavy atom.